The van der Waals surface area contributed by atoms with E-state index in [1.807, 2.05) is 35.0 Å². The van der Waals surface area contributed by atoms with Gasteiger partial charge in [-0.1, -0.05) is 37.0 Å². The fourth-order valence-electron chi connectivity index (χ4n) is 3.68. The minimum atomic E-state index is -0.130. The van der Waals surface area contributed by atoms with Gasteiger partial charge < -0.3 is 10.1 Å². The van der Waals surface area contributed by atoms with Crippen LogP contribution in [0.15, 0.2) is 42.5 Å². The highest BCUT2D eigenvalue weighted by Gasteiger charge is 2.37. The summed E-state index contributed by atoms with van der Waals surface area (Å²) in [5, 5.41) is 8.91. The number of fused-ring (bicyclic) bond motifs is 1. The summed E-state index contributed by atoms with van der Waals surface area (Å²) in [6, 6.07) is 12.9. The molecule has 0 bridgehead atoms. The van der Waals surface area contributed by atoms with Gasteiger partial charge in [0.25, 0.3) is 0 Å². The minimum absolute atomic E-state index is 0.0820. The maximum Gasteiger partial charge on any atom is 0.169 e. The molecule has 0 saturated carbocycles. The fourth-order valence-corrected chi connectivity index (χ4v) is 3.98. The summed E-state index contributed by atoms with van der Waals surface area (Å²) in [4.78, 5) is 13.0. The topological polar surface area (TPSA) is 56.1 Å². The Balaban J connectivity index is 1.82. The van der Waals surface area contributed by atoms with Crippen LogP contribution in [0.3, 0.4) is 0 Å². The first kappa shape index (κ1) is 19.8. The van der Waals surface area contributed by atoms with Crippen LogP contribution >= 0.6 is 23.2 Å². The van der Waals surface area contributed by atoms with E-state index < -0.39 is 0 Å². The van der Waals surface area contributed by atoms with E-state index in [9.17, 15) is 4.79 Å². The van der Waals surface area contributed by atoms with Gasteiger partial charge in [0.15, 0.2) is 11.6 Å². The molecule has 29 heavy (non-hydrogen) atoms. The Hall–Kier alpha value is -2.50. The molecule has 1 aliphatic carbocycles. The van der Waals surface area contributed by atoms with Crippen molar-refractivity contribution >= 4 is 40.5 Å². The highest BCUT2D eigenvalue weighted by atomic mass is 35.5. The number of Topliss-reactive ketones (excluding diaryl/α,β-unsaturated/α-hetero) is 1. The van der Waals surface area contributed by atoms with E-state index in [4.69, 9.17) is 33.0 Å². The highest BCUT2D eigenvalue weighted by molar-refractivity contribution is 6.42. The molecular weight excluding hydrogens is 409 g/mol. The minimum Gasteiger partial charge on any atom is -0.497 e. The van der Waals surface area contributed by atoms with Gasteiger partial charge in [-0.2, -0.15) is 0 Å². The average Bonchev–Trinajstić information content (AvgIpc) is 3.02. The van der Waals surface area contributed by atoms with E-state index in [-0.39, 0.29) is 11.2 Å². The third-order valence-corrected chi connectivity index (χ3v) is 5.78. The lowest BCUT2D eigenvalue weighted by Gasteiger charge is -2.29. The van der Waals surface area contributed by atoms with Crippen molar-refractivity contribution in [2.24, 2.45) is 5.41 Å². The molecule has 0 aliphatic heterocycles. The number of nitrogens with zero attached hydrogens (tertiary/aromatic N) is 2. The third kappa shape index (κ3) is 3.85. The third-order valence-electron chi connectivity index (χ3n) is 5.04. The summed E-state index contributed by atoms with van der Waals surface area (Å²) in [5.74, 6) is 1.37. The Labute approximate surface area is 179 Å². The number of benzene rings is 2. The van der Waals surface area contributed by atoms with Crippen molar-refractivity contribution in [3.8, 4) is 11.4 Å². The first-order valence-electron chi connectivity index (χ1n) is 9.29. The predicted molar refractivity (Wildman–Crippen MR) is 116 cm³/mol. The van der Waals surface area contributed by atoms with Gasteiger partial charge in [0.1, 0.15) is 5.75 Å². The molecule has 0 radical (unpaired) electrons. The molecule has 1 aliphatic rings. The summed E-state index contributed by atoms with van der Waals surface area (Å²) < 4.78 is 7.09. The van der Waals surface area contributed by atoms with E-state index in [0.717, 1.165) is 29.2 Å². The zero-order valence-electron chi connectivity index (χ0n) is 16.4. The van der Waals surface area contributed by atoms with Crippen molar-refractivity contribution in [3.63, 3.8) is 0 Å². The lowest BCUT2D eigenvalue weighted by atomic mass is 9.76. The highest BCUT2D eigenvalue weighted by Crippen LogP contribution is 2.40. The van der Waals surface area contributed by atoms with Crippen LogP contribution in [-0.2, 0) is 6.42 Å². The number of carbonyl (C=O) groups is 1. The van der Waals surface area contributed by atoms with Gasteiger partial charge in [-0.25, -0.2) is 4.68 Å². The summed E-state index contributed by atoms with van der Waals surface area (Å²) in [7, 11) is 1.63. The van der Waals surface area contributed by atoms with Crippen molar-refractivity contribution in [1.82, 2.24) is 9.78 Å². The number of methoxy groups -OCH3 is 1. The van der Waals surface area contributed by atoms with Gasteiger partial charge >= 0.3 is 0 Å². The predicted octanol–water partition coefficient (Wildman–Crippen LogP) is 6.09. The molecule has 0 unspecified atom stereocenters. The van der Waals surface area contributed by atoms with E-state index >= 15 is 0 Å². The van der Waals surface area contributed by atoms with Crippen LogP contribution in [0.5, 0.6) is 5.75 Å². The summed E-state index contributed by atoms with van der Waals surface area (Å²) in [6.45, 7) is 4.20. The monoisotopic (exact) mass is 429 g/mol. The van der Waals surface area contributed by atoms with E-state index in [1.165, 1.54) is 0 Å². The molecule has 1 aromatic heterocycles. The van der Waals surface area contributed by atoms with Crippen molar-refractivity contribution in [2.45, 2.75) is 26.7 Å². The fraction of sp³-hybridized carbons (Fsp3) is 0.273. The molecule has 4 rings (SSSR count). The number of ketones is 1. The number of hydrogen-bond acceptors (Lipinski definition) is 4. The molecule has 0 atom stereocenters. The molecule has 7 heteroatoms. The number of halogens is 2. The molecule has 0 fully saturated rings. The Bertz CT molecular complexity index is 1090. The van der Waals surface area contributed by atoms with Crippen LogP contribution < -0.4 is 10.1 Å². The molecule has 0 spiro atoms. The lowest BCUT2D eigenvalue weighted by Crippen LogP contribution is -2.28. The SMILES string of the molecule is COc1ccc(-n2nc(Nc3ccc(Cl)c(Cl)c3)c3c2CC(C)(C)CC3=O)cc1. The quantitative estimate of drug-likeness (QED) is 0.545. The molecule has 1 N–H and O–H groups in total. The molecule has 150 valence electrons. The number of hydrogen-bond donors (Lipinski definition) is 1. The van der Waals surface area contributed by atoms with E-state index in [0.29, 0.717) is 27.8 Å². The summed E-state index contributed by atoms with van der Waals surface area (Å²) in [6.07, 6.45) is 1.22. The molecule has 2 aromatic carbocycles. The summed E-state index contributed by atoms with van der Waals surface area (Å²) in [5.41, 5.74) is 2.99. The average molecular weight is 430 g/mol. The van der Waals surface area contributed by atoms with Gasteiger partial charge in [0, 0.05) is 12.1 Å². The van der Waals surface area contributed by atoms with Crippen molar-refractivity contribution in [1.29, 1.82) is 0 Å². The van der Waals surface area contributed by atoms with E-state index in [1.54, 1.807) is 19.2 Å². The van der Waals surface area contributed by atoms with Gasteiger partial charge in [-0.05, 0) is 54.3 Å². The van der Waals surface area contributed by atoms with Crippen LogP contribution in [0.4, 0.5) is 11.5 Å². The van der Waals surface area contributed by atoms with Crippen LogP contribution in [0.2, 0.25) is 10.0 Å². The second-order valence-electron chi connectivity index (χ2n) is 7.97. The number of ether oxygens (including phenoxy) is 1. The van der Waals surface area contributed by atoms with Crippen molar-refractivity contribution in [2.75, 3.05) is 12.4 Å². The van der Waals surface area contributed by atoms with E-state index in [2.05, 4.69) is 19.2 Å². The van der Waals surface area contributed by atoms with Crippen molar-refractivity contribution < 1.29 is 9.53 Å². The molecule has 1 heterocycles. The number of nitrogens with one attached hydrogen (secondary N) is 1. The number of aromatic nitrogens is 2. The van der Waals surface area contributed by atoms with Crippen molar-refractivity contribution in [3.05, 3.63) is 63.8 Å². The maximum atomic E-state index is 13.0. The zero-order valence-corrected chi connectivity index (χ0v) is 17.9. The molecule has 3 aromatic rings. The normalized spacial score (nSPS) is 15.1. The van der Waals surface area contributed by atoms with Crippen LogP contribution in [-0.4, -0.2) is 22.7 Å². The van der Waals surface area contributed by atoms with Crippen LogP contribution in [0.25, 0.3) is 5.69 Å². The van der Waals surface area contributed by atoms with Gasteiger partial charge in [-0.15, -0.1) is 5.10 Å². The molecular formula is C22H21Cl2N3O2. The second-order valence-corrected chi connectivity index (χ2v) is 8.79. The van der Waals surface area contributed by atoms with Crippen LogP contribution in [0.1, 0.15) is 36.3 Å². The maximum absolute atomic E-state index is 13.0. The Morgan fingerprint density at radius 1 is 1.07 bits per heavy atom. The van der Waals surface area contributed by atoms with Gasteiger partial charge in [-0.3, -0.25) is 4.79 Å². The van der Waals surface area contributed by atoms with Gasteiger partial charge in [0.05, 0.1) is 34.1 Å². The molecule has 5 nitrogen and oxygen atoms in total. The Morgan fingerprint density at radius 2 is 1.79 bits per heavy atom. The first-order valence-corrected chi connectivity index (χ1v) is 10.0. The smallest absolute Gasteiger partial charge is 0.169 e. The van der Waals surface area contributed by atoms with Gasteiger partial charge in [0.2, 0.25) is 0 Å². The lowest BCUT2D eigenvalue weighted by molar-refractivity contribution is 0.0912. The summed E-state index contributed by atoms with van der Waals surface area (Å²) >= 11 is 12.2. The number of anilines is 2. The number of rotatable bonds is 4. The molecule has 0 amide bonds. The first-order chi connectivity index (χ1) is 13.8. The Morgan fingerprint density at radius 3 is 2.45 bits per heavy atom. The molecule has 0 saturated heterocycles. The zero-order chi connectivity index (χ0) is 20.8. The number of carbonyl (C=O) groups excluding carboxylic acids is 1. The Kier molecular flexibility index (Phi) is 5.05. The van der Waals surface area contributed by atoms with Crippen LogP contribution in [0, 0.1) is 5.41 Å². The largest absolute Gasteiger partial charge is 0.497 e. The standard InChI is InChI=1S/C22H21Cl2N3O2/c1-22(2)11-18-20(19(28)12-22)21(25-13-4-9-16(23)17(24)10-13)26-27(18)14-5-7-15(29-3)8-6-14/h4-10H,11-12H2,1-3H3,(H,25,26). The second kappa shape index (κ2) is 7.39.